The summed E-state index contributed by atoms with van der Waals surface area (Å²) in [6, 6.07) is 9.73. The summed E-state index contributed by atoms with van der Waals surface area (Å²) in [7, 11) is 2.11. The molecule has 1 fully saturated rings. The van der Waals surface area contributed by atoms with E-state index in [2.05, 4.69) is 37.5 Å². The Kier molecular flexibility index (Phi) is 5.71. The number of nitrogens with zero attached hydrogens (tertiary/aromatic N) is 6. The first-order chi connectivity index (χ1) is 14.5. The molecule has 1 saturated heterocycles. The molecule has 0 unspecified atom stereocenters. The Labute approximate surface area is 174 Å². The predicted molar refractivity (Wildman–Crippen MR) is 111 cm³/mol. The van der Waals surface area contributed by atoms with Crippen LogP contribution in [0.4, 0.5) is 10.2 Å². The van der Waals surface area contributed by atoms with Crippen molar-refractivity contribution in [3.63, 3.8) is 0 Å². The highest BCUT2D eigenvalue weighted by atomic mass is 19.1. The molecule has 156 valence electrons. The average Bonchev–Trinajstić information content (AvgIpc) is 3.15. The Hall–Kier alpha value is -3.33. The number of nitrogens with one attached hydrogen (secondary N) is 1. The topological polar surface area (TPSA) is 79.2 Å². The van der Waals surface area contributed by atoms with Crippen LogP contribution in [0.15, 0.2) is 42.6 Å². The Balaban J connectivity index is 1.46. The van der Waals surface area contributed by atoms with Gasteiger partial charge in [0, 0.05) is 44.5 Å². The maximum Gasteiger partial charge on any atom is 0.274 e. The lowest BCUT2D eigenvalue weighted by molar-refractivity contribution is 0.0945. The summed E-state index contributed by atoms with van der Waals surface area (Å²) in [6.07, 6.45) is 1.78. The van der Waals surface area contributed by atoms with Gasteiger partial charge in [0.25, 0.3) is 5.91 Å². The molecule has 1 aliphatic heterocycles. The first-order valence-electron chi connectivity index (χ1n) is 9.87. The number of amides is 1. The standard InChI is InChI=1S/C21H24FN7O/c1-15-19(25-26-29(15)18-7-5-17(22)6-8-18)21(30)24-14-16-4-3-9-23-20(16)28-12-10-27(2)11-13-28/h3-9H,10-14H2,1-2H3,(H,24,30). The number of likely N-dealkylation sites (N-methyl/N-ethyl adjacent to an activating group) is 1. The van der Waals surface area contributed by atoms with Crippen molar-refractivity contribution in [1.29, 1.82) is 0 Å². The Morgan fingerprint density at radius 2 is 1.87 bits per heavy atom. The van der Waals surface area contributed by atoms with Crippen LogP contribution in [-0.4, -0.2) is 64.0 Å². The minimum Gasteiger partial charge on any atom is -0.354 e. The van der Waals surface area contributed by atoms with Gasteiger partial charge in [0.2, 0.25) is 0 Å². The van der Waals surface area contributed by atoms with Gasteiger partial charge in [-0.1, -0.05) is 11.3 Å². The number of halogens is 1. The van der Waals surface area contributed by atoms with Gasteiger partial charge < -0.3 is 15.1 Å². The minimum absolute atomic E-state index is 0.240. The summed E-state index contributed by atoms with van der Waals surface area (Å²) in [4.78, 5) is 21.8. The summed E-state index contributed by atoms with van der Waals surface area (Å²) in [5.41, 5.74) is 2.43. The highest BCUT2D eigenvalue weighted by Gasteiger charge is 2.20. The molecule has 0 bridgehead atoms. The van der Waals surface area contributed by atoms with E-state index in [0.717, 1.165) is 37.6 Å². The van der Waals surface area contributed by atoms with Gasteiger partial charge in [-0.05, 0) is 44.3 Å². The number of benzene rings is 1. The van der Waals surface area contributed by atoms with Gasteiger partial charge in [-0.15, -0.1) is 5.10 Å². The molecule has 0 aliphatic carbocycles. The van der Waals surface area contributed by atoms with E-state index < -0.39 is 0 Å². The lowest BCUT2D eigenvalue weighted by Gasteiger charge is -2.34. The van der Waals surface area contributed by atoms with Crippen molar-refractivity contribution < 1.29 is 9.18 Å². The van der Waals surface area contributed by atoms with Crippen LogP contribution in [0, 0.1) is 12.7 Å². The molecule has 0 saturated carbocycles. The van der Waals surface area contributed by atoms with Crippen LogP contribution in [0.2, 0.25) is 0 Å². The van der Waals surface area contributed by atoms with Crippen molar-refractivity contribution in [1.82, 2.24) is 30.2 Å². The highest BCUT2D eigenvalue weighted by Crippen LogP contribution is 2.19. The summed E-state index contributed by atoms with van der Waals surface area (Å²) in [5.74, 6) is 0.258. The second-order valence-corrected chi connectivity index (χ2v) is 7.37. The molecule has 0 atom stereocenters. The number of hydrogen-bond acceptors (Lipinski definition) is 6. The van der Waals surface area contributed by atoms with Gasteiger partial charge in [0.1, 0.15) is 11.6 Å². The number of pyridine rings is 1. The van der Waals surface area contributed by atoms with Crippen LogP contribution >= 0.6 is 0 Å². The molecule has 1 aliphatic rings. The zero-order valence-electron chi connectivity index (χ0n) is 17.0. The molecule has 1 amide bonds. The second-order valence-electron chi connectivity index (χ2n) is 7.37. The van der Waals surface area contributed by atoms with Gasteiger partial charge in [-0.3, -0.25) is 4.79 Å². The maximum absolute atomic E-state index is 13.2. The van der Waals surface area contributed by atoms with Gasteiger partial charge in [-0.25, -0.2) is 14.1 Å². The fraction of sp³-hybridized carbons (Fsp3) is 0.333. The van der Waals surface area contributed by atoms with Crippen LogP contribution in [0.5, 0.6) is 0 Å². The van der Waals surface area contributed by atoms with Crippen molar-refractivity contribution in [2.24, 2.45) is 0 Å². The summed E-state index contributed by atoms with van der Waals surface area (Å²) < 4.78 is 14.7. The van der Waals surface area contributed by atoms with E-state index in [9.17, 15) is 9.18 Å². The molecule has 4 rings (SSSR count). The van der Waals surface area contributed by atoms with E-state index in [1.54, 1.807) is 25.3 Å². The lowest BCUT2D eigenvalue weighted by Crippen LogP contribution is -2.45. The normalized spacial score (nSPS) is 14.7. The Morgan fingerprint density at radius 1 is 1.13 bits per heavy atom. The van der Waals surface area contributed by atoms with Crippen LogP contribution in [-0.2, 0) is 6.54 Å². The Bertz CT molecular complexity index is 1030. The van der Waals surface area contributed by atoms with Crippen molar-refractivity contribution in [2.45, 2.75) is 13.5 Å². The molecule has 0 spiro atoms. The number of carbonyl (C=O) groups excluding carboxylic acids is 1. The fourth-order valence-corrected chi connectivity index (χ4v) is 3.50. The third kappa shape index (κ3) is 4.16. The quantitative estimate of drug-likeness (QED) is 0.692. The molecule has 3 aromatic rings. The zero-order valence-corrected chi connectivity index (χ0v) is 17.0. The van der Waals surface area contributed by atoms with Gasteiger partial charge >= 0.3 is 0 Å². The Morgan fingerprint density at radius 3 is 2.60 bits per heavy atom. The number of aromatic nitrogens is 4. The number of hydrogen-bond donors (Lipinski definition) is 1. The van der Waals surface area contributed by atoms with Crippen LogP contribution in [0.1, 0.15) is 21.7 Å². The third-order valence-electron chi connectivity index (χ3n) is 5.29. The number of rotatable bonds is 5. The second kappa shape index (κ2) is 8.58. The molecule has 3 heterocycles. The van der Waals surface area contributed by atoms with E-state index in [1.165, 1.54) is 16.8 Å². The monoisotopic (exact) mass is 409 g/mol. The fourth-order valence-electron chi connectivity index (χ4n) is 3.50. The average molecular weight is 409 g/mol. The van der Waals surface area contributed by atoms with Gasteiger partial charge in [0.15, 0.2) is 5.69 Å². The van der Waals surface area contributed by atoms with Crippen molar-refractivity contribution >= 4 is 11.7 Å². The lowest BCUT2D eigenvalue weighted by atomic mass is 10.2. The predicted octanol–water partition coefficient (Wildman–Crippen LogP) is 1.79. The van der Waals surface area contributed by atoms with Crippen LogP contribution in [0.25, 0.3) is 5.69 Å². The molecule has 1 N–H and O–H groups in total. The maximum atomic E-state index is 13.2. The minimum atomic E-state index is -0.331. The molecule has 2 aromatic heterocycles. The summed E-state index contributed by atoms with van der Waals surface area (Å²) >= 11 is 0. The largest absolute Gasteiger partial charge is 0.354 e. The van der Waals surface area contributed by atoms with E-state index in [1.807, 2.05) is 12.1 Å². The van der Waals surface area contributed by atoms with Gasteiger partial charge in [0.05, 0.1) is 11.4 Å². The zero-order chi connectivity index (χ0) is 21.1. The molecular weight excluding hydrogens is 385 g/mol. The van der Waals surface area contributed by atoms with E-state index >= 15 is 0 Å². The highest BCUT2D eigenvalue weighted by molar-refractivity contribution is 5.93. The number of piperazine rings is 1. The van der Waals surface area contributed by atoms with E-state index in [-0.39, 0.29) is 17.4 Å². The van der Waals surface area contributed by atoms with E-state index in [0.29, 0.717) is 17.9 Å². The first-order valence-corrected chi connectivity index (χ1v) is 9.87. The van der Waals surface area contributed by atoms with Crippen LogP contribution in [0.3, 0.4) is 0 Å². The van der Waals surface area contributed by atoms with Gasteiger partial charge in [-0.2, -0.15) is 0 Å². The summed E-state index contributed by atoms with van der Waals surface area (Å²) in [6.45, 7) is 5.87. The molecule has 9 heteroatoms. The van der Waals surface area contributed by atoms with E-state index in [4.69, 9.17) is 0 Å². The number of carbonyl (C=O) groups is 1. The third-order valence-corrected chi connectivity index (χ3v) is 5.29. The van der Waals surface area contributed by atoms with Crippen molar-refractivity contribution in [3.05, 3.63) is 65.4 Å². The van der Waals surface area contributed by atoms with Crippen LogP contribution < -0.4 is 10.2 Å². The van der Waals surface area contributed by atoms with Crippen molar-refractivity contribution in [3.8, 4) is 5.69 Å². The smallest absolute Gasteiger partial charge is 0.274 e. The van der Waals surface area contributed by atoms with Crippen molar-refractivity contribution in [2.75, 3.05) is 38.1 Å². The summed E-state index contributed by atoms with van der Waals surface area (Å²) in [5, 5.41) is 11.0. The first kappa shape index (κ1) is 20.0. The molecule has 8 nitrogen and oxygen atoms in total. The molecule has 30 heavy (non-hydrogen) atoms. The number of anilines is 1. The molecule has 1 aromatic carbocycles. The molecule has 0 radical (unpaired) electrons. The molecular formula is C21H24FN7O. The SMILES string of the molecule is Cc1c(C(=O)NCc2cccnc2N2CCN(C)CC2)nnn1-c1ccc(F)cc1.